The Hall–Kier alpha value is -2.56. The van der Waals surface area contributed by atoms with Gasteiger partial charge in [0.2, 0.25) is 0 Å². The summed E-state index contributed by atoms with van der Waals surface area (Å²) in [6.07, 6.45) is 6.15. The second-order valence-corrected chi connectivity index (χ2v) is 4.14. The highest BCUT2D eigenvalue weighted by molar-refractivity contribution is 6.14. The number of furan rings is 2. The number of amidine groups is 1. The largest absolute Gasteiger partial charge is 0.469 e. The maximum atomic E-state index is 11.7. The monoisotopic (exact) mass is 256 g/mol. The van der Waals surface area contributed by atoms with Crippen LogP contribution >= 0.6 is 0 Å². The van der Waals surface area contributed by atoms with Crippen LogP contribution in [0.25, 0.3) is 6.08 Å². The smallest absolute Gasteiger partial charge is 0.275 e. The molecule has 0 radical (unpaired) electrons. The van der Waals surface area contributed by atoms with Crippen molar-refractivity contribution < 1.29 is 13.6 Å². The van der Waals surface area contributed by atoms with Crippen molar-refractivity contribution in [1.29, 1.82) is 0 Å². The van der Waals surface area contributed by atoms with E-state index in [4.69, 9.17) is 8.83 Å². The van der Waals surface area contributed by atoms with Gasteiger partial charge in [-0.15, -0.1) is 0 Å². The van der Waals surface area contributed by atoms with Crippen molar-refractivity contribution in [2.45, 2.75) is 12.8 Å². The molecule has 96 valence electrons. The minimum atomic E-state index is -0.203. The van der Waals surface area contributed by atoms with Gasteiger partial charge in [-0.2, -0.15) is 0 Å². The van der Waals surface area contributed by atoms with E-state index in [-0.39, 0.29) is 5.91 Å². The number of amides is 1. The molecule has 0 saturated carbocycles. The first-order chi connectivity index (χ1) is 9.31. The molecule has 2 aromatic heterocycles. The molecule has 0 aliphatic carbocycles. The Bertz CT molecular complexity index is 622. The Morgan fingerprint density at radius 2 is 2.00 bits per heavy atom. The third-order valence-corrected chi connectivity index (χ3v) is 2.76. The van der Waals surface area contributed by atoms with Gasteiger partial charge in [-0.1, -0.05) is 0 Å². The fourth-order valence-corrected chi connectivity index (χ4v) is 1.84. The first kappa shape index (κ1) is 11.5. The standard InChI is InChI=1S/C14H12N2O3/c17-14-12(9-11-4-2-8-19-11)15-13(16-14)6-5-10-3-1-7-18-10/h1-4,7-9H,5-6H2,(H,15,16,17)/b12-9+. The Balaban J connectivity index is 1.69. The van der Waals surface area contributed by atoms with E-state index in [0.717, 1.165) is 5.76 Å². The molecule has 0 saturated heterocycles. The van der Waals surface area contributed by atoms with Crippen molar-refractivity contribution in [3.05, 3.63) is 54.0 Å². The van der Waals surface area contributed by atoms with Gasteiger partial charge in [0.15, 0.2) is 0 Å². The fourth-order valence-electron chi connectivity index (χ4n) is 1.84. The number of nitrogens with zero attached hydrogens (tertiary/aromatic N) is 1. The Labute approximate surface area is 109 Å². The average Bonchev–Trinajstić information content (AvgIpc) is 3.11. The lowest BCUT2D eigenvalue weighted by Gasteiger charge is -1.97. The minimum absolute atomic E-state index is 0.203. The third kappa shape index (κ3) is 2.65. The van der Waals surface area contributed by atoms with E-state index in [0.29, 0.717) is 30.1 Å². The van der Waals surface area contributed by atoms with Crippen molar-refractivity contribution >= 4 is 17.8 Å². The van der Waals surface area contributed by atoms with Crippen molar-refractivity contribution in [3.63, 3.8) is 0 Å². The number of carbonyl (C=O) groups excluding carboxylic acids is 1. The third-order valence-electron chi connectivity index (χ3n) is 2.76. The van der Waals surface area contributed by atoms with E-state index < -0.39 is 0 Å². The second kappa shape index (κ2) is 4.97. The maximum absolute atomic E-state index is 11.7. The van der Waals surface area contributed by atoms with Gasteiger partial charge in [-0.05, 0) is 24.3 Å². The van der Waals surface area contributed by atoms with Crippen LogP contribution in [0.15, 0.2) is 56.3 Å². The number of hydrogen-bond acceptors (Lipinski definition) is 4. The zero-order valence-corrected chi connectivity index (χ0v) is 10.1. The molecule has 19 heavy (non-hydrogen) atoms. The highest BCUT2D eigenvalue weighted by Crippen LogP contribution is 2.14. The van der Waals surface area contributed by atoms with Gasteiger partial charge in [0, 0.05) is 18.9 Å². The summed E-state index contributed by atoms with van der Waals surface area (Å²) in [5, 5.41) is 2.74. The normalized spacial score (nSPS) is 16.7. The van der Waals surface area contributed by atoms with Crippen LogP contribution in [0, 0.1) is 0 Å². The lowest BCUT2D eigenvalue weighted by atomic mass is 10.2. The predicted octanol–water partition coefficient (Wildman–Crippen LogP) is 2.37. The van der Waals surface area contributed by atoms with Crippen LogP contribution in [-0.4, -0.2) is 11.7 Å². The molecule has 1 aliphatic rings. The van der Waals surface area contributed by atoms with Crippen molar-refractivity contribution in [3.8, 4) is 0 Å². The summed E-state index contributed by atoms with van der Waals surface area (Å²) in [5.74, 6) is 1.94. The van der Waals surface area contributed by atoms with Gasteiger partial charge in [0.05, 0.1) is 12.5 Å². The molecule has 0 bridgehead atoms. The van der Waals surface area contributed by atoms with E-state index >= 15 is 0 Å². The maximum Gasteiger partial charge on any atom is 0.275 e. The van der Waals surface area contributed by atoms with Gasteiger partial charge in [0.25, 0.3) is 5.91 Å². The number of nitrogens with one attached hydrogen (secondary N) is 1. The average molecular weight is 256 g/mol. The summed E-state index contributed by atoms with van der Waals surface area (Å²) in [5.41, 5.74) is 0.365. The number of hydrogen-bond donors (Lipinski definition) is 1. The molecule has 0 spiro atoms. The quantitative estimate of drug-likeness (QED) is 0.854. The summed E-state index contributed by atoms with van der Waals surface area (Å²) in [7, 11) is 0. The summed E-state index contributed by atoms with van der Waals surface area (Å²) in [4.78, 5) is 16.0. The topological polar surface area (TPSA) is 67.7 Å². The highest BCUT2D eigenvalue weighted by Gasteiger charge is 2.20. The number of rotatable bonds is 4. The summed E-state index contributed by atoms with van der Waals surface area (Å²) < 4.78 is 10.4. The van der Waals surface area contributed by atoms with Crippen molar-refractivity contribution in [2.24, 2.45) is 4.99 Å². The predicted molar refractivity (Wildman–Crippen MR) is 69.3 cm³/mol. The zero-order valence-electron chi connectivity index (χ0n) is 10.1. The van der Waals surface area contributed by atoms with E-state index in [1.54, 1.807) is 30.7 Å². The molecule has 3 rings (SSSR count). The van der Waals surface area contributed by atoms with Crippen LogP contribution in [0.3, 0.4) is 0 Å². The highest BCUT2D eigenvalue weighted by atomic mass is 16.3. The molecule has 3 heterocycles. The van der Waals surface area contributed by atoms with Crippen LogP contribution in [0.2, 0.25) is 0 Å². The zero-order chi connectivity index (χ0) is 13.1. The SMILES string of the molecule is O=C1NC(CCc2ccco2)=N/C1=C/c1ccco1. The first-order valence-corrected chi connectivity index (χ1v) is 5.98. The number of aliphatic imine (C=N–C) groups is 1. The Kier molecular flexibility index (Phi) is 3.02. The number of aryl methyl sites for hydroxylation is 1. The molecule has 0 unspecified atom stereocenters. The minimum Gasteiger partial charge on any atom is -0.469 e. The van der Waals surface area contributed by atoms with Crippen molar-refractivity contribution in [1.82, 2.24) is 5.32 Å². The molecule has 0 atom stereocenters. The van der Waals surface area contributed by atoms with E-state index in [1.807, 2.05) is 12.1 Å². The summed E-state index contributed by atoms with van der Waals surface area (Å²) in [6, 6.07) is 7.28. The molecule has 1 N–H and O–H groups in total. The molecule has 1 amide bonds. The van der Waals surface area contributed by atoms with Crippen LogP contribution in [0.4, 0.5) is 0 Å². The van der Waals surface area contributed by atoms with E-state index in [1.165, 1.54) is 0 Å². The lowest BCUT2D eigenvalue weighted by molar-refractivity contribution is -0.115. The van der Waals surface area contributed by atoms with Crippen LogP contribution < -0.4 is 5.32 Å². The van der Waals surface area contributed by atoms with E-state index in [2.05, 4.69) is 10.3 Å². The second-order valence-electron chi connectivity index (χ2n) is 4.14. The molecule has 5 heteroatoms. The summed E-state index contributed by atoms with van der Waals surface area (Å²) >= 11 is 0. The molecular weight excluding hydrogens is 244 g/mol. The molecular formula is C14H12N2O3. The van der Waals surface area contributed by atoms with Gasteiger partial charge in [0.1, 0.15) is 23.1 Å². The molecule has 5 nitrogen and oxygen atoms in total. The number of carbonyl (C=O) groups is 1. The van der Waals surface area contributed by atoms with Gasteiger partial charge in [-0.3, -0.25) is 4.79 Å². The Morgan fingerprint density at radius 3 is 2.74 bits per heavy atom. The van der Waals surface area contributed by atoms with Crippen molar-refractivity contribution in [2.75, 3.05) is 0 Å². The molecule has 0 fully saturated rings. The van der Waals surface area contributed by atoms with Gasteiger partial charge >= 0.3 is 0 Å². The Morgan fingerprint density at radius 1 is 1.16 bits per heavy atom. The van der Waals surface area contributed by atoms with E-state index in [9.17, 15) is 4.79 Å². The molecule has 1 aliphatic heterocycles. The van der Waals surface area contributed by atoms with Crippen LogP contribution in [0.1, 0.15) is 17.9 Å². The summed E-state index contributed by atoms with van der Waals surface area (Å²) in [6.45, 7) is 0. The van der Waals surface area contributed by atoms with Crippen LogP contribution in [-0.2, 0) is 11.2 Å². The molecule has 0 aromatic carbocycles. The van der Waals surface area contributed by atoms with Crippen LogP contribution in [0.5, 0.6) is 0 Å². The first-order valence-electron chi connectivity index (χ1n) is 5.98. The lowest BCUT2D eigenvalue weighted by Crippen LogP contribution is -2.24. The van der Waals surface area contributed by atoms with Gasteiger partial charge < -0.3 is 14.2 Å². The fraction of sp³-hybridized carbons (Fsp3) is 0.143. The van der Waals surface area contributed by atoms with Gasteiger partial charge in [-0.25, -0.2) is 4.99 Å². The molecule has 2 aromatic rings.